The molecular formula is C12H16Sn. The first kappa shape index (κ1) is 9.32. The summed E-state index contributed by atoms with van der Waals surface area (Å²) in [6.45, 7) is 0. The van der Waals surface area contributed by atoms with Crippen LogP contribution < -0.4 is 0 Å². The van der Waals surface area contributed by atoms with Crippen molar-refractivity contribution in [2.45, 2.75) is 21.2 Å². The van der Waals surface area contributed by atoms with Gasteiger partial charge in [0, 0.05) is 0 Å². The van der Waals surface area contributed by atoms with Crippen molar-refractivity contribution in [3.63, 3.8) is 0 Å². The summed E-state index contributed by atoms with van der Waals surface area (Å²) >= 11 is -1.77. The van der Waals surface area contributed by atoms with E-state index < -0.39 is 18.4 Å². The molecule has 0 saturated carbocycles. The summed E-state index contributed by atoms with van der Waals surface area (Å²) < 4.78 is 1.76. The zero-order chi connectivity index (χ0) is 9.47. The number of benzene rings is 1. The zero-order valence-electron chi connectivity index (χ0n) is 8.59. The molecule has 2 rings (SSSR count). The van der Waals surface area contributed by atoms with E-state index in [1.165, 1.54) is 17.5 Å². The molecule has 1 aliphatic carbocycles. The predicted octanol–water partition coefficient (Wildman–Crippen LogP) is 3.50. The summed E-state index contributed by atoms with van der Waals surface area (Å²) in [5, 5.41) is 0. The van der Waals surface area contributed by atoms with Crippen LogP contribution in [0, 0.1) is 0 Å². The van der Waals surface area contributed by atoms with E-state index in [1.807, 2.05) is 0 Å². The van der Waals surface area contributed by atoms with Crippen molar-refractivity contribution < 1.29 is 0 Å². The number of rotatable bonds is 1. The minimum absolute atomic E-state index is 1.23. The van der Waals surface area contributed by atoms with E-state index in [2.05, 4.69) is 45.2 Å². The number of fused-ring (bicyclic) bond motifs is 1. The van der Waals surface area contributed by atoms with Crippen molar-refractivity contribution >= 4 is 24.5 Å². The molecule has 13 heavy (non-hydrogen) atoms. The summed E-state index contributed by atoms with van der Waals surface area (Å²) in [5.74, 6) is 0. The fourth-order valence-corrected chi connectivity index (χ4v) is 5.50. The van der Waals surface area contributed by atoms with Crippen LogP contribution >= 0.6 is 0 Å². The molecule has 0 amide bonds. The molecule has 0 fully saturated rings. The van der Waals surface area contributed by atoms with Gasteiger partial charge < -0.3 is 0 Å². The van der Waals surface area contributed by atoms with Gasteiger partial charge in [-0.15, -0.1) is 0 Å². The van der Waals surface area contributed by atoms with E-state index in [-0.39, 0.29) is 0 Å². The molecule has 0 heterocycles. The summed E-state index contributed by atoms with van der Waals surface area (Å²) in [5.41, 5.74) is 2.99. The van der Waals surface area contributed by atoms with Gasteiger partial charge >= 0.3 is 84.7 Å². The van der Waals surface area contributed by atoms with E-state index in [0.29, 0.717) is 0 Å². The fraction of sp³-hybridized carbons (Fsp3) is 0.333. The predicted molar refractivity (Wildman–Crippen MR) is 61.5 cm³/mol. The van der Waals surface area contributed by atoms with E-state index in [0.717, 1.165) is 0 Å². The van der Waals surface area contributed by atoms with Gasteiger partial charge in [-0.25, -0.2) is 0 Å². The molecular weight excluding hydrogens is 263 g/mol. The van der Waals surface area contributed by atoms with Gasteiger partial charge in [-0.05, 0) is 0 Å². The van der Waals surface area contributed by atoms with Crippen molar-refractivity contribution in [2.24, 2.45) is 0 Å². The van der Waals surface area contributed by atoms with Crippen LogP contribution in [0.25, 0.3) is 6.08 Å². The second-order valence-electron chi connectivity index (χ2n) is 4.80. The Morgan fingerprint density at radius 3 is 2.38 bits per heavy atom. The van der Waals surface area contributed by atoms with Gasteiger partial charge in [0.05, 0.1) is 0 Å². The van der Waals surface area contributed by atoms with Crippen LogP contribution in [0.5, 0.6) is 0 Å². The van der Waals surface area contributed by atoms with E-state index in [4.69, 9.17) is 0 Å². The van der Waals surface area contributed by atoms with Crippen LogP contribution in [-0.2, 0) is 6.42 Å². The molecule has 1 aromatic rings. The summed E-state index contributed by atoms with van der Waals surface area (Å²) in [4.78, 5) is 7.48. The van der Waals surface area contributed by atoms with Gasteiger partial charge in [-0.1, -0.05) is 0 Å². The Kier molecular flexibility index (Phi) is 2.26. The maximum atomic E-state index is 2.49. The molecule has 0 aliphatic heterocycles. The van der Waals surface area contributed by atoms with Gasteiger partial charge in [0.25, 0.3) is 0 Å². The Morgan fingerprint density at radius 2 is 1.77 bits per heavy atom. The van der Waals surface area contributed by atoms with Crippen molar-refractivity contribution in [3.05, 3.63) is 39.0 Å². The summed E-state index contributed by atoms with van der Waals surface area (Å²) in [6.07, 6.45) is 3.67. The van der Waals surface area contributed by atoms with Crippen LogP contribution in [0.2, 0.25) is 14.8 Å². The molecule has 0 atom stereocenters. The topological polar surface area (TPSA) is 0 Å². The number of hydrogen-bond donors (Lipinski definition) is 0. The third-order valence-electron chi connectivity index (χ3n) is 2.73. The number of hydrogen-bond acceptors (Lipinski definition) is 0. The van der Waals surface area contributed by atoms with Crippen LogP contribution in [0.3, 0.4) is 0 Å². The third-order valence-corrected chi connectivity index (χ3v) is 9.14. The van der Waals surface area contributed by atoms with Crippen molar-refractivity contribution in [1.29, 1.82) is 0 Å². The van der Waals surface area contributed by atoms with Gasteiger partial charge in [0.1, 0.15) is 0 Å². The molecule has 0 unspecified atom stereocenters. The van der Waals surface area contributed by atoms with Crippen LogP contribution in [-0.4, -0.2) is 18.4 Å². The van der Waals surface area contributed by atoms with Crippen molar-refractivity contribution in [2.75, 3.05) is 0 Å². The minimum atomic E-state index is -1.77. The van der Waals surface area contributed by atoms with Gasteiger partial charge in [-0.2, -0.15) is 0 Å². The average molecular weight is 279 g/mol. The molecule has 0 nitrogen and oxygen atoms in total. The Bertz CT molecular complexity index is 356. The van der Waals surface area contributed by atoms with Gasteiger partial charge in [0.15, 0.2) is 0 Å². The SMILES string of the molecule is [CH3][Sn]([CH3])([CH3])[C]1=Cc2ccccc2C1. The Balaban J connectivity index is 2.37. The maximum absolute atomic E-state index is 2.49. The van der Waals surface area contributed by atoms with Crippen LogP contribution in [0.15, 0.2) is 27.9 Å². The molecule has 0 bridgehead atoms. The molecule has 0 saturated heterocycles. The first-order chi connectivity index (χ1) is 6.07. The fourth-order valence-electron chi connectivity index (χ4n) is 1.76. The monoisotopic (exact) mass is 280 g/mol. The van der Waals surface area contributed by atoms with E-state index in [9.17, 15) is 0 Å². The Labute approximate surface area is 84.5 Å². The average Bonchev–Trinajstić information content (AvgIpc) is 2.45. The van der Waals surface area contributed by atoms with Crippen molar-refractivity contribution in [3.8, 4) is 0 Å². The summed E-state index contributed by atoms with van der Waals surface area (Å²) in [6, 6.07) is 8.78. The molecule has 0 radical (unpaired) electrons. The molecule has 0 spiro atoms. The Morgan fingerprint density at radius 1 is 1.08 bits per heavy atom. The summed E-state index contributed by atoms with van der Waals surface area (Å²) in [7, 11) is 0. The standard InChI is InChI=1S/C9H7.3CH3.Sn/c1-2-5-9-7-3-6-8(9)4-1;;;;/h1-2,4-6H,7H2;3*1H3;. The third kappa shape index (κ3) is 1.83. The van der Waals surface area contributed by atoms with Gasteiger partial charge in [0.2, 0.25) is 0 Å². The first-order valence-electron chi connectivity index (χ1n) is 4.86. The molecule has 0 aromatic heterocycles. The van der Waals surface area contributed by atoms with E-state index in [1.54, 1.807) is 3.59 Å². The molecule has 1 aliphatic rings. The van der Waals surface area contributed by atoms with Gasteiger partial charge in [-0.3, -0.25) is 0 Å². The Hall–Kier alpha value is -0.241. The van der Waals surface area contributed by atoms with Crippen LogP contribution in [0.1, 0.15) is 11.1 Å². The van der Waals surface area contributed by atoms with Crippen LogP contribution in [0.4, 0.5) is 0 Å². The molecule has 68 valence electrons. The van der Waals surface area contributed by atoms with Crippen molar-refractivity contribution in [1.82, 2.24) is 0 Å². The second kappa shape index (κ2) is 3.16. The normalized spacial score (nSPS) is 15.5. The zero-order valence-corrected chi connectivity index (χ0v) is 11.4. The molecule has 1 heteroatoms. The first-order valence-corrected chi connectivity index (χ1v) is 14.9. The molecule has 0 N–H and O–H groups in total. The molecule has 1 aromatic carbocycles. The second-order valence-corrected chi connectivity index (χ2v) is 19.5. The number of allylic oxidation sites excluding steroid dienone is 1. The quantitative estimate of drug-likeness (QED) is 0.690. The van der Waals surface area contributed by atoms with E-state index >= 15 is 0 Å².